The number of aryl methyl sites for hydroxylation is 2. The quantitative estimate of drug-likeness (QED) is 0.738. The van der Waals surface area contributed by atoms with Gasteiger partial charge in [-0.3, -0.25) is 4.79 Å². The third-order valence-corrected chi connectivity index (χ3v) is 7.10. The van der Waals surface area contributed by atoms with Gasteiger partial charge in [-0.2, -0.15) is 4.31 Å². The van der Waals surface area contributed by atoms with E-state index in [2.05, 4.69) is 0 Å². The molecule has 1 aliphatic heterocycles. The van der Waals surface area contributed by atoms with Crippen LogP contribution in [0.25, 0.3) is 0 Å². The third-order valence-electron chi connectivity index (χ3n) is 5.27. The first-order chi connectivity index (χ1) is 13.3. The van der Waals surface area contributed by atoms with Crippen molar-refractivity contribution in [3.63, 3.8) is 0 Å². The average Bonchev–Trinajstić information content (AvgIpc) is 3.41. The predicted octanol–water partition coefficient (Wildman–Crippen LogP) is 2.26. The highest BCUT2D eigenvalue weighted by atomic mass is 32.2. The zero-order valence-electron chi connectivity index (χ0n) is 16.2. The first-order valence-electron chi connectivity index (χ1n) is 9.34. The van der Waals surface area contributed by atoms with Crippen molar-refractivity contribution in [2.24, 2.45) is 0 Å². The van der Waals surface area contributed by atoms with Gasteiger partial charge in [0.15, 0.2) is 0 Å². The van der Waals surface area contributed by atoms with Crippen LogP contribution in [0, 0.1) is 13.8 Å². The number of hydrogen-bond acceptors (Lipinski definition) is 5. The zero-order chi connectivity index (χ0) is 20.1. The van der Waals surface area contributed by atoms with Crippen molar-refractivity contribution in [3.8, 4) is 11.5 Å². The molecule has 0 radical (unpaired) electrons. The maximum absolute atomic E-state index is 12.8. The molecule has 0 N–H and O–H groups in total. The minimum Gasteiger partial charge on any atom is -0.496 e. The van der Waals surface area contributed by atoms with Gasteiger partial charge in [0.05, 0.1) is 25.1 Å². The van der Waals surface area contributed by atoms with Crippen molar-refractivity contribution in [2.45, 2.75) is 43.7 Å². The zero-order valence-corrected chi connectivity index (χ0v) is 17.0. The fourth-order valence-corrected chi connectivity index (χ4v) is 5.16. The standard InChI is InChI=1S/C20H24N2O5S/c1-13-8-18(6-7-19(13)26-3)28(24,25)21-11-17(12-21)27-16-9-14(2)22(15-4-5-15)20(23)10-16/h6-10,15,17H,4-5,11-12H2,1-3H3. The van der Waals surface area contributed by atoms with Gasteiger partial charge in [0.25, 0.3) is 5.56 Å². The Labute approximate surface area is 164 Å². The molecule has 2 aromatic rings. The van der Waals surface area contributed by atoms with Crippen LogP contribution in [0.4, 0.5) is 0 Å². The number of pyridine rings is 1. The lowest BCUT2D eigenvalue weighted by Crippen LogP contribution is -2.56. The summed E-state index contributed by atoms with van der Waals surface area (Å²) >= 11 is 0. The summed E-state index contributed by atoms with van der Waals surface area (Å²) in [7, 11) is -2.01. The lowest BCUT2D eigenvalue weighted by molar-refractivity contribution is 0.0758. The van der Waals surface area contributed by atoms with Gasteiger partial charge in [0, 0.05) is 17.8 Å². The third kappa shape index (κ3) is 3.42. The summed E-state index contributed by atoms with van der Waals surface area (Å²) in [6.07, 6.45) is 1.83. The van der Waals surface area contributed by atoms with Crippen molar-refractivity contribution >= 4 is 10.0 Å². The lowest BCUT2D eigenvalue weighted by atomic mass is 10.2. The number of ether oxygens (including phenoxy) is 2. The molecule has 0 spiro atoms. The Bertz CT molecular complexity index is 1070. The molecule has 1 saturated carbocycles. The van der Waals surface area contributed by atoms with Crippen LogP contribution >= 0.6 is 0 Å². The molecule has 0 atom stereocenters. The maximum Gasteiger partial charge on any atom is 0.254 e. The van der Waals surface area contributed by atoms with Crippen molar-refractivity contribution < 1.29 is 17.9 Å². The van der Waals surface area contributed by atoms with E-state index in [1.54, 1.807) is 29.9 Å². The van der Waals surface area contributed by atoms with E-state index in [1.807, 2.05) is 19.9 Å². The topological polar surface area (TPSA) is 77.8 Å². The minimum absolute atomic E-state index is 0.0602. The van der Waals surface area contributed by atoms with E-state index < -0.39 is 10.0 Å². The second kappa shape index (κ2) is 6.93. The van der Waals surface area contributed by atoms with Crippen LogP contribution in [0.2, 0.25) is 0 Å². The van der Waals surface area contributed by atoms with E-state index in [-0.39, 0.29) is 29.6 Å². The molecule has 1 aliphatic carbocycles. The summed E-state index contributed by atoms with van der Waals surface area (Å²) in [5, 5.41) is 0. The summed E-state index contributed by atoms with van der Waals surface area (Å²) in [6, 6.07) is 8.49. The summed E-state index contributed by atoms with van der Waals surface area (Å²) in [4.78, 5) is 12.5. The van der Waals surface area contributed by atoms with E-state index in [4.69, 9.17) is 9.47 Å². The Balaban J connectivity index is 1.43. The van der Waals surface area contributed by atoms with E-state index in [0.717, 1.165) is 24.1 Å². The molecule has 8 heteroatoms. The number of rotatable bonds is 6. The van der Waals surface area contributed by atoms with Crippen LogP contribution in [0.3, 0.4) is 0 Å². The fraction of sp³-hybridized carbons (Fsp3) is 0.450. The first-order valence-corrected chi connectivity index (χ1v) is 10.8. The average molecular weight is 404 g/mol. The molecule has 2 heterocycles. The molecular weight excluding hydrogens is 380 g/mol. The second-order valence-corrected chi connectivity index (χ2v) is 9.40. The first kappa shape index (κ1) is 19.0. The van der Waals surface area contributed by atoms with Crippen molar-refractivity contribution in [1.29, 1.82) is 0 Å². The Morgan fingerprint density at radius 3 is 2.36 bits per heavy atom. The molecule has 2 fully saturated rings. The molecule has 2 aliphatic rings. The summed E-state index contributed by atoms with van der Waals surface area (Å²) in [6.45, 7) is 4.23. The normalized spacial score (nSPS) is 18.0. The van der Waals surface area contributed by atoms with Gasteiger partial charge in [-0.1, -0.05) is 0 Å². The largest absolute Gasteiger partial charge is 0.496 e. The summed E-state index contributed by atoms with van der Waals surface area (Å²) < 4.78 is 39.8. The SMILES string of the molecule is COc1ccc(S(=O)(=O)N2CC(Oc3cc(C)n(C4CC4)c(=O)c3)C2)cc1C. The molecule has 150 valence electrons. The lowest BCUT2D eigenvalue weighted by Gasteiger charge is -2.37. The predicted molar refractivity (Wildman–Crippen MR) is 105 cm³/mol. The van der Waals surface area contributed by atoms with Gasteiger partial charge in [0.2, 0.25) is 10.0 Å². The smallest absolute Gasteiger partial charge is 0.254 e. The Hall–Kier alpha value is -2.32. The summed E-state index contributed by atoms with van der Waals surface area (Å²) in [5.41, 5.74) is 1.58. The van der Waals surface area contributed by atoms with Crippen LogP contribution in [0.5, 0.6) is 11.5 Å². The summed E-state index contributed by atoms with van der Waals surface area (Å²) in [5.74, 6) is 1.15. The number of methoxy groups -OCH3 is 1. The molecule has 1 saturated heterocycles. The number of hydrogen-bond donors (Lipinski definition) is 0. The van der Waals surface area contributed by atoms with Crippen molar-refractivity contribution in [1.82, 2.24) is 8.87 Å². The van der Waals surface area contributed by atoms with E-state index in [0.29, 0.717) is 17.5 Å². The molecule has 0 amide bonds. The molecule has 7 nitrogen and oxygen atoms in total. The highest BCUT2D eigenvalue weighted by molar-refractivity contribution is 7.89. The van der Waals surface area contributed by atoms with Gasteiger partial charge in [0.1, 0.15) is 17.6 Å². The van der Waals surface area contributed by atoms with E-state index in [9.17, 15) is 13.2 Å². The Morgan fingerprint density at radius 1 is 1.07 bits per heavy atom. The van der Waals surface area contributed by atoms with Crippen LogP contribution in [-0.2, 0) is 10.0 Å². The number of aromatic nitrogens is 1. The van der Waals surface area contributed by atoms with E-state index >= 15 is 0 Å². The monoisotopic (exact) mass is 404 g/mol. The minimum atomic E-state index is -3.57. The second-order valence-electron chi connectivity index (χ2n) is 7.47. The van der Waals surface area contributed by atoms with Crippen LogP contribution < -0.4 is 15.0 Å². The van der Waals surface area contributed by atoms with Crippen molar-refractivity contribution in [2.75, 3.05) is 20.2 Å². The van der Waals surface area contributed by atoms with Gasteiger partial charge < -0.3 is 14.0 Å². The molecule has 0 bridgehead atoms. The number of benzene rings is 1. The molecule has 4 rings (SSSR count). The van der Waals surface area contributed by atoms with Crippen LogP contribution in [0.1, 0.15) is 30.1 Å². The molecule has 1 aromatic carbocycles. The molecular formula is C20H24N2O5S. The highest BCUT2D eigenvalue weighted by Gasteiger charge is 2.38. The van der Waals surface area contributed by atoms with Crippen LogP contribution in [-0.4, -0.2) is 43.6 Å². The molecule has 1 aromatic heterocycles. The van der Waals surface area contributed by atoms with Crippen LogP contribution in [0.15, 0.2) is 40.0 Å². The fourth-order valence-electron chi connectivity index (χ4n) is 3.58. The van der Waals surface area contributed by atoms with Crippen molar-refractivity contribution in [3.05, 3.63) is 51.9 Å². The van der Waals surface area contributed by atoms with Gasteiger partial charge in [-0.15, -0.1) is 0 Å². The highest BCUT2D eigenvalue weighted by Crippen LogP contribution is 2.35. The van der Waals surface area contributed by atoms with E-state index in [1.165, 1.54) is 10.4 Å². The number of sulfonamides is 1. The maximum atomic E-state index is 12.8. The van der Waals surface area contributed by atoms with Gasteiger partial charge >= 0.3 is 0 Å². The van der Waals surface area contributed by atoms with Gasteiger partial charge in [-0.25, -0.2) is 8.42 Å². The van der Waals surface area contributed by atoms with Gasteiger partial charge in [-0.05, 0) is 56.5 Å². The molecule has 0 unspecified atom stereocenters. The molecule has 28 heavy (non-hydrogen) atoms. The Morgan fingerprint density at radius 2 is 1.79 bits per heavy atom. The number of nitrogens with zero attached hydrogens (tertiary/aromatic N) is 2. The Kier molecular flexibility index (Phi) is 4.71.